The van der Waals surface area contributed by atoms with Crippen molar-refractivity contribution in [3.05, 3.63) is 12.2 Å². The van der Waals surface area contributed by atoms with Crippen LogP contribution in [0.2, 0.25) is 0 Å². The quantitative estimate of drug-likeness (QED) is 0.661. The Morgan fingerprint density at radius 1 is 1.60 bits per heavy atom. The molecule has 1 heterocycles. The van der Waals surface area contributed by atoms with Crippen LogP contribution >= 0.6 is 0 Å². The SMILES string of the molecule is C=C(C#N)C1CCN(CC(C)C)C1CC. The predicted octanol–water partition coefficient (Wildman–Crippen LogP) is 2.82. The van der Waals surface area contributed by atoms with E-state index >= 15 is 0 Å². The molecule has 0 aromatic carbocycles. The molecule has 0 radical (unpaired) electrons. The minimum Gasteiger partial charge on any atom is -0.299 e. The smallest absolute Gasteiger partial charge is 0.0944 e. The van der Waals surface area contributed by atoms with Gasteiger partial charge in [-0.3, -0.25) is 4.90 Å². The first-order valence-electron chi connectivity index (χ1n) is 5.93. The van der Waals surface area contributed by atoms with Gasteiger partial charge in [0.2, 0.25) is 0 Å². The normalized spacial score (nSPS) is 26.9. The van der Waals surface area contributed by atoms with Crippen molar-refractivity contribution in [3.63, 3.8) is 0 Å². The molecule has 0 saturated carbocycles. The summed E-state index contributed by atoms with van der Waals surface area (Å²) in [6.07, 6.45) is 2.23. The molecule has 15 heavy (non-hydrogen) atoms. The highest BCUT2D eigenvalue weighted by molar-refractivity contribution is 5.23. The van der Waals surface area contributed by atoms with E-state index in [0.29, 0.717) is 17.9 Å². The maximum absolute atomic E-state index is 8.91. The topological polar surface area (TPSA) is 27.0 Å². The van der Waals surface area contributed by atoms with Crippen molar-refractivity contribution < 1.29 is 0 Å². The van der Waals surface area contributed by atoms with Crippen molar-refractivity contribution in [2.45, 2.75) is 39.7 Å². The molecular formula is C13H22N2. The lowest BCUT2D eigenvalue weighted by molar-refractivity contribution is 0.207. The molecule has 0 aromatic heterocycles. The first kappa shape index (κ1) is 12.3. The van der Waals surface area contributed by atoms with Crippen LogP contribution in [0, 0.1) is 23.2 Å². The minimum absolute atomic E-state index is 0.402. The molecule has 0 aliphatic carbocycles. The Bertz CT molecular complexity index is 262. The second-order valence-electron chi connectivity index (χ2n) is 4.90. The molecule has 0 aromatic rings. The number of rotatable bonds is 4. The molecular weight excluding hydrogens is 184 g/mol. The van der Waals surface area contributed by atoms with Crippen molar-refractivity contribution in [1.29, 1.82) is 5.26 Å². The number of nitriles is 1. The van der Waals surface area contributed by atoms with Gasteiger partial charge in [0.15, 0.2) is 0 Å². The van der Waals surface area contributed by atoms with Crippen molar-refractivity contribution in [1.82, 2.24) is 4.90 Å². The van der Waals surface area contributed by atoms with Crippen molar-refractivity contribution in [2.24, 2.45) is 11.8 Å². The number of likely N-dealkylation sites (tertiary alicyclic amines) is 1. The van der Waals surface area contributed by atoms with E-state index in [-0.39, 0.29) is 0 Å². The molecule has 2 atom stereocenters. The minimum atomic E-state index is 0.402. The van der Waals surface area contributed by atoms with Crippen LogP contribution in [0.25, 0.3) is 0 Å². The van der Waals surface area contributed by atoms with Crippen LogP contribution < -0.4 is 0 Å². The van der Waals surface area contributed by atoms with Crippen molar-refractivity contribution in [2.75, 3.05) is 13.1 Å². The van der Waals surface area contributed by atoms with E-state index in [2.05, 4.69) is 38.3 Å². The number of hydrogen-bond acceptors (Lipinski definition) is 2. The summed E-state index contributed by atoms with van der Waals surface area (Å²) >= 11 is 0. The van der Waals surface area contributed by atoms with E-state index in [1.807, 2.05) is 0 Å². The molecule has 0 bridgehead atoms. The van der Waals surface area contributed by atoms with Gasteiger partial charge in [0.25, 0.3) is 0 Å². The van der Waals surface area contributed by atoms with E-state index in [9.17, 15) is 0 Å². The molecule has 0 spiro atoms. The number of hydrogen-bond donors (Lipinski definition) is 0. The third kappa shape index (κ3) is 2.82. The monoisotopic (exact) mass is 206 g/mol. The fraction of sp³-hybridized carbons (Fsp3) is 0.769. The predicted molar refractivity (Wildman–Crippen MR) is 63.4 cm³/mol. The standard InChI is InChI=1S/C13H22N2/c1-5-13-12(11(4)8-14)6-7-15(13)9-10(2)3/h10,12-13H,4-7,9H2,1-3H3. The highest BCUT2D eigenvalue weighted by Crippen LogP contribution is 2.31. The molecule has 1 rings (SSSR count). The molecule has 2 unspecified atom stereocenters. The van der Waals surface area contributed by atoms with Crippen LogP contribution in [0.3, 0.4) is 0 Å². The Kier molecular flexibility index (Phi) is 4.35. The second kappa shape index (κ2) is 5.32. The first-order valence-corrected chi connectivity index (χ1v) is 5.93. The van der Waals surface area contributed by atoms with Gasteiger partial charge in [-0.1, -0.05) is 27.4 Å². The highest BCUT2D eigenvalue weighted by atomic mass is 15.2. The van der Waals surface area contributed by atoms with Gasteiger partial charge in [0, 0.05) is 24.1 Å². The van der Waals surface area contributed by atoms with E-state index < -0.39 is 0 Å². The Balaban J connectivity index is 2.65. The second-order valence-corrected chi connectivity index (χ2v) is 4.90. The van der Waals surface area contributed by atoms with Gasteiger partial charge in [0.05, 0.1) is 6.07 Å². The van der Waals surface area contributed by atoms with Crippen LogP contribution in [0.5, 0.6) is 0 Å². The summed E-state index contributed by atoms with van der Waals surface area (Å²) < 4.78 is 0. The fourth-order valence-electron chi connectivity index (χ4n) is 2.65. The van der Waals surface area contributed by atoms with Gasteiger partial charge >= 0.3 is 0 Å². The van der Waals surface area contributed by atoms with Gasteiger partial charge in [-0.05, 0) is 25.3 Å². The lowest BCUT2D eigenvalue weighted by Crippen LogP contribution is -2.35. The zero-order chi connectivity index (χ0) is 11.4. The molecule has 2 heteroatoms. The Hall–Kier alpha value is -0.810. The lowest BCUT2D eigenvalue weighted by atomic mass is 9.91. The van der Waals surface area contributed by atoms with E-state index in [0.717, 1.165) is 31.5 Å². The molecule has 2 nitrogen and oxygen atoms in total. The molecule has 1 aliphatic rings. The maximum atomic E-state index is 8.91. The van der Waals surface area contributed by atoms with Crippen LogP contribution in [0.15, 0.2) is 12.2 Å². The summed E-state index contributed by atoms with van der Waals surface area (Å²) in [7, 11) is 0. The fourth-order valence-corrected chi connectivity index (χ4v) is 2.65. The summed E-state index contributed by atoms with van der Waals surface area (Å²) in [5.41, 5.74) is 0.771. The summed E-state index contributed by atoms with van der Waals surface area (Å²) in [5, 5.41) is 8.91. The first-order chi connectivity index (χ1) is 7.10. The van der Waals surface area contributed by atoms with E-state index in [1.165, 1.54) is 0 Å². The molecule has 1 saturated heterocycles. The summed E-state index contributed by atoms with van der Waals surface area (Å²) in [6.45, 7) is 12.9. The van der Waals surface area contributed by atoms with Crippen LogP contribution in [-0.2, 0) is 0 Å². The Morgan fingerprint density at radius 2 is 2.27 bits per heavy atom. The summed E-state index contributed by atoms with van der Waals surface area (Å²) in [5.74, 6) is 1.10. The third-order valence-corrected chi connectivity index (χ3v) is 3.27. The average molecular weight is 206 g/mol. The van der Waals surface area contributed by atoms with Crippen LogP contribution in [0.4, 0.5) is 0 Å². The van der Waals surface area contributed by atoms with Gasteiger partial charge in [-0.15, -0.1) is 0 Å². The van der Waals surface area contributed by atoms with E-state index in [1.54, 1.807) is 0 Å². The Labute approximate surface area is 93.6 Å². The largest absolute Gasteiger partial charge is 0.299 e. The lowest BCUT2D eigenvalue weighted by Gasteiger charge is -2.28. The molecule has 0 N–H and O–H groups in total. The average Bonchev–Trinajstić information content (AvgIpc) is 2.58. The van der Waals surface area contributed by atoms with Gasteiger partial charge in [-0.25, -0.2) is 0 Å². The zero-order valence-corrected chi connectivity index (χ0v) is 10.2. The van der Waals surface area contributed by atoms with Gasteiger partial charge in [0.1, 0.15) is 0 Å². The van der Waals surface area contributed by atoms with Crippen LogP contribution in [-0.4, -0.2) is 24.0 Å². The molecule has 1 fully saturated rings. The maximum Gasteiger partial charge on any atom is 0.0944 e. The molecule has 0 amide bonds. The van der Waals surface area contributed by atoms with Crippen molar-refractivity contribution in [3.8, 4) is 6.07 Å². The third-order valence-electron chi connectivity index (χ3n) is 3.27. The molecule has 1 aliphatic heterocycles. The summed E-state index contributed by atoms with van der Waals surface area (Å²) in [6, 6.07) is 2.77. The van der Waals surface area contributed by atoms with Gasteiger partial charge < -0.3 is 0 Å². The molecule has 84 valence electrons. The van der Waals surface area contributed by atoms with Gasteiger partial charge in [-0.2, -0.15) is 5.26 Å². The summed E-state index contributed by atoms with van der Waals surface area (Å²) in [4.78, 5) is 2.53. The zero-order valence-electron chi connectivity index (χ0n) is 10.2. The highest BCUT2D eigenvalue weighted by Gasteiger charge is 2.34. The van der Waals surface area contributed by atoms with E-state index in [4.69, 9.17) is 5.26 Å². The number of nitrogens with zero attached hydrogens (tertiary/aromatic N) is 2. The van der Waals surface area contributed by atoms with Crippen molar-refractivity contribution >= 4 is 0 Å². The van der Waals surface area contributed by atoms with Crippen LogP contribution in [0.1, 0.15) is 33.6 Å². The Morgan fingerprint density at radius 3 is 2.73 bits per heavy atom.